The molecule has 3 heterocycles. The molecule has 0 aliphatic carbocycles. The molecule has 0 fully saturated rings. The number of thiazole rings is 1. The average molecular weight is 371 g/mol. The first-order valence-corrected chi connectivity index (χ1v) is 8.41. The van der Waals surface area contributed by atoms with Crippen molar-refractivity contribution in [3.8, 4) is 5.75 Å². The SMILES string of the molecule is Fc1c(Nc2ncnc3cnccc23)ccc(OCc2nccs2)c1F. The number of benzene rings is 1. The zero-order chi connectivity index (χ0) is 17.9. The summed E-state index contributed by atoms with van der Waals surface area (Å²) in [4.78, 5) is 16.2. The first-order valence-electron chi connectivity index (χ1n) is 7.53. The summed E-state index contributed by atoms with van der Waals surface area (Å²) in [7, 11) is 0. The van der Waals surface area contributed by atoms with Gasteiger partial charge in [0.1, 0.15) is 23.8 Å². The van der Waals surface area contributed by atoms with Crippen LogP contribution in [-0.2, 0) is 6.61 Å². The van der Waals surface area contributed by atoms with Crippen molar-refractivity contribution in [3.63, 3.8) is 0 Å². The van der Waals surface area contributed by atoms with Crippen molar-refractivity contribution < 1.29 is 13.5 Å². The average Bonchev–Trinajstić information content (AvgIpc) is 3.19. The van der Waals surface area contributed by atoms with E-state index in [-0.39, 0.29) is 18.0 Å². The highest BCUT2D eigenvalue weighted by Crippen LogP contribution is 2.30. The maximum Gasteiger partial charge on any atom is 0.202 e. The molecule has 0 aliphatic rings. The van der Waals surface area contributed by atoms with Gasteiger partial charge < -0.3 is 10.1 Å². The van der Waals surface area contributed by atoms with Crippen LogP contribution >= 0.6 is 11.3 Å². The number of aromatic nitrogens is 4. The minimum Gasteiger partial charge on any atom is -0.483 e. The first-order chi connectivity index (χ1) is 12.7. The molecular weight excluding hydrogens is 360 g/mol. The van der Waals surface area contributed by atoms with E-state index in [2.05, 4.69) is 25.3 Å². The summed E-state index contributed by atoms with van der Waals surface area (Å²) in [6.45, 7) is 0.0738. The van der Waals surface area contributed by atoms with Crippen LogP contribution in [0.25, 0.3) is 10.9 Å². The molecule has 1 aromatic carbocycles. The summed E-state index contributed by atoms with van der Waals surface area (Å²) in [5, 5.41) is 5.89. The van der Waals surface area contributed by atoms with E-state index >= 15 is 0 Å². The van der Waals surface area contributed by atoms with Gasteiger partial charge in [-0.1, -0.05) is 0 Å². The van der Waals surface area contributed by atoms with Crippen molar-refractivity contribution >= 4 is 33.7 Å². The fourth-order valence-electron chi connectivity index (χ4n) is 2.34. The van der Waals surface area contributed by atoms with Crippen LogP contribution in [0.4, 0.5) is 20.3 Å². The normalized spacial score (nSPS) is 10.8. The molecule has 0 saturated carbocycles. The lowest BCUT2D eigenvalue weighted by atomic mass is 10.2. The number of rotatable bonds is 5. The maximum absolute atomic E-state index is 14.4. The van der Waals surface area contributed by atoms with E-state index in [1.54, 1.807) is 30.0 Å². The summed E-state index contributed by atoms with van der Waals surface area (Å²) in [6, 6.07) is 4.45. The molecule has 0 saturated heterocycles. The van der Waals surface area contributed by atoms with Crippen LogP contribution in [0.15, 0.2) is 48.5 Å². The molecule has 0 amide bonds. The van der Waals surface area contributed by atoms with Crippen molar-refractivity contribution in [2.45, 2.75) is 6.61 Å². The van der Waals surface area contributed by atoms with Gasteiger partial charge in [-0.3, -0.25) is 4.98 Å². The van der Waals surface area contributed by atoms with Crippen molar-refractivity contribution in [1.82, 2.24) is 19.9 Å². The third kappa shape index (κ3) is 3.16. The Bertz CT molecular complexity index is 1050. The lowest BCUT2D eigenvalue weighted by molar-refractivity contribution is 0.284. The summed E-state index contributed by atoms with van der Waals surface area (Å²) >= 11 is 1.37. The van der Waals surface area contributed by atoms with Crippen LogP contribution in [0.2, 0.25) is 0 Å². The van der Waals surface area contributed by atoms with E-state index in [0.717, 1.165) is 0 Å². The second kappa shape index (κ2) is 6.96. The fraction of sp³-hybridized carbons (Fsp3) is 0.0588. The fourth-order valence-corrected chi connectivity index (χ4v) is 2.87. The number of ether oxygens (including phenoxy) is 1. The molecule has 0 bridgehead atoms. The molecule has 130 valence electrons. The molecule has 3 aromatic heterocycles. The van der Waals surface area contributed by atoms with Crippen LogP contribution in [0, 0.1) is 11.6 Å². The van der Waals surface area contributed by atoms with Gasteiger partial charge in [0.15, 0.2) is 11.6 Å². The topological polar surface area (TPSA) is 72.8 Å². The maximum atomic E-state index is 14.4. The van der Waals surface area contributed by atoms with E-state index in [1.165, 1.54) is 29.8 Å². The van der Waals surface area contributed by atoms with Crippen LogP contribution in [0.3, 0.4) is 0 Å². The molecule has 0 radical (unpaired) electrons. The molecule has 0 unspecified atom stereocenters. The molecule has 4 rings (SSSR count). The second-order valence-electron chi connectivity index (χ2n) is 5.19. The Balaban J connectivity index is 1.60. The number of halogens is 2. The summed E-state index contributed by atoms with van der Waals surface area (Å²) in [5.41, 5.74) is 0.537. The number of pyridine rings is 1. The number of nitrogens with zero attached hydrogens (tertiary/aromatic N) is 4. The Morgan fingerprint density at radius 1 is 1.04 bits per heavy atom. The quantitative estimate of drug-likeness (QED) is 0.570. The van der Waals surface area contributed by atoms with Crippen LogP contribution in [0.5, 0.6) is 5.75 Å². The molecule has 1 N–H and O–H groups in total. The Hall–Kier alpha value is -3.20. The van der Waals surface area contributed by atoms with Gasteiger partial charge >= 0.3 is 0 Å². The molecule has 0 aliphatic heterocycles. The van der Waals surface area contributed by atoms with Gasteiger partial charge in [0.2, 0.25) is 5.82 Å². The molecule has 4 aromatic rings. The smallest absolute Gasteiger partial charge is 0.202 e. The highest BCUT2D eigenvalue weighted by molar-refractivity contribution is 7.09. The van der Waals surface area contributed by atoms with Gasteiger partial charge in [-0.2, -0.15) is 4.39 Å². The monoisotopic (exact) mass is 371 g/mol. The van der Waals surface area contributed by atoms with E-state index in [0.29, 0.717) is 21.7 Å². The van der Waals surface area contributed by atoms with Crippen LogP contribution < -0.4 is 10.1 Å². The van der Waals surface area contributed by atoms with Gasteiger partial charge in [-0.15, -0.1) is 11.3 Å². The van der Waals surface area contributed by atoms with Gasteiger partial charge in [0, 0.05) is 23.2 Å². The van der Waals surface area contributed by atoms with Crippen molar-refractivity contribution in [1.29, 1.82) is 0 Å². The van der Waals surface area contributed by atoms with Gasteiger partial charge in [-0.25, -0.2) is 19.3 Å². The molecule has 0 atom stereocenters. The highest BCUT2D eigenvalue weighted by Gasteiger charge is 2.16. The standard InChI is InChI=1S/C17H11F2N5OS/c18-15-11(24-17-10-3-4-20-7-12(10)22-9-23-17)1-2-13(16(15)19)25-8-14-21-5-6-26-14/h1-7,9H,8H2,(H,22,23,24). The van der Waals surface area contributed by atoms with Crippen molar-refractivity contribution in [2.75, 3.05) is 5.32 Å². The lowest BCUT2D eigenvalue weighted by Gasteiger charge is -2.12. The number of anilines is 2. The van der Waals surface area contributed by atoms with Crippen LogP contribution in [-0.4, -0.2) is 19.9 Å². The molecule has 6 nitrogen and oxygen atoms in total. The van der Waals surface area contributed by atoms with Crippen molar-refractivity contribution in [2.24, 2.45) is 0 Å². The Morgan fingerprint density at radius 3 is 2.81 bits per heavy atom. The number of hydrogen-bond acceptors (Lipinski definition) is 7. The van der Waals surface area contributed by atoms with Gasteiger partial charge in [-0.05, 0) is 18.2 Å². The Labute approximate surface area is 150 Å². The molecule has 26 heavy (non-hydrogen) atoms. The third-order valence-electron chi connectivity index (χ3n) is 3.57. The van der Waals surface area contributed by atoms with Crippen LogP contribution in [0.1, 0.15) is 5.01 Å². The molecule has 0 spiro atoms. The largest absolute Gasteiger partial charge is 0.483 e. The van der Waals surface area contributed by atoms with E-state index in [1.807, 2.05) is 0 Å². The summed E-state index contributed by atoms with van der Waals surface area (Å²) in [5.74, 6) is -1.96. The third-order valence-corrected chi connectivity index (χ3v) is 4.33. The minimum atomic E-state index is -1.08. The second-order valence-corrected chi connectivity index (χ2v) is 6.17. The summed E-state index contributed by atoms with van der Waals surface area (Å²) in [6.07, 6.45) is 6.08. The zero-order valence-corrected chi connectivity index (χ0v) is 14.0. The number of nitrogens with one attached hydrogen (secondary N) is 1. The zero-order valence-electron chi connectivity index (χ0n) is 13.2. The highest BCUT2D eigenvalue weighted by atomic mass is 32.1. The van der Waals surface area contributed by atoms with E-state index in [4.69, 9.17) is 4.74 Å². The molecule has 9 heteroatoms. The van der Waals surface area contributed by atoms with Crippen molar-refractivity contribution in [3.05, 3.63) is 65.1 Å². The summed E-state index contributed by atoms with van der Waals surface area (Å²) < 4.78 is 34.0. The van der Waals surface area contributed by atoms with E-state index in [9.17, 15) is 8.78 Å². The van der Waals surface area contributed by atoms with E-state index < -0.39 is 11.6 Å². The number of hydrogen-bond donors (Lipinski definition) is 1. The van der Waals surface area contributed by atoms with Gasteiger partial charge in [0.05, 0.1) is 17.4 Å². The molecular formula is C17H11F2N5OS. The van der Waals surface area contributed by atoms with Gasteiger partial charge in [0.25, 0.3) is 0 Å². The minimum absolute atomic E-state index is 0.0547. The lowest BCUT2D eigenvalue weighted by Crippen LogP contribution is -2.03. The first kappa shape index (κ1) is 16.3. The predicted octanol–water partition coefficient (Wildman–Crippen LogP) is 4.08. The number of fused-ring (bicyclic) bond motifs is 1. The Kier molecular flexibility index (Phi) is 4.36. The Morgan fingerprint density at radius 2 is 1.96 bits per heavy atom. The predicted molar refractivity (Wildman–Crippen MR) is 93.4 cm³/mol.